The highest BCUT2D eigenvalue weighted by Gasteiger charge is 2.14. The molecule has 0 saturated carbocycles. The van der Waals surface area contributed by atoms with E-state index < -0.39 is 0 Å². The summed E-state index contributed by atoms with van der Waals surface area (Å²) in [6.45, 7) is 3.38. The van der Waals surface area contributed by atoms with Crippen LogP contribution in [0.1, 0.15) is 26.2 Å². The van der Waals surface area contributed by atoms with Crippen LogP contribution in [0.2, 0.25) is 0 Å². The first-order chi connectivity index (χ1) is 8.69. The summed E-state index contributed by atoms with van der Waals surface area (Å²) in [7, 11) is 1.71. The highest BCUT2D eigenvalue weighted by molar-refractivity contribution is 5.87. The van der Waals surface area contributed by atoms with Crippen molar-refractivity contribution < 1.29 is 9.90 Å². The van der Waals surface area contributed by atoms with Crippen molar-refractivity contribution >= 4 is 12.0 Å². The zero-order valence-electron chi connectivity index (χ0n) is 11.0. The number of rotatable bonds is 7. The zero-order chi connectivity index (χ0) is 13.4. The number of nitrogens with one attached hydrogen (secondary N) is 1. The summed E-state index contributed by atoms with van der Waals surface area (Å²) >= 11 is 0. The molecule has 18 heavy (non-hydrogen) atoms. The second kappa shape index (κ2) is 7.65. The van der Waals surface area contributed by atoms with Gasteiger partial charge in [-0.1, -0.05) is 13.3 Å². The largest absolute Gasteiger partial charge is 0.396 e. The van der Waals surface area contributed by atoms with E-state index in [-0.39, 0.29) is 12.6 Å². The summed E-state index contributed by atoms with van der Waals surface area (Å²) in [6, 6.07) is -0.201. The van der Waals surface area contributed by atoms with E-state index in [1.54, 1.807) is 11.9 Å². The van der Waals surface area contributed by atoms with E-state index in [1.807, 2.05) is 0 Å². The van der Waals surface area contributed by atoms with Crippen LogP contribution in [0.3, 0.4) is 0 Å². The van der Waals surface area contributed by atoms with Crippen LogP contribution in [-0.4, -0.2) is 50.5 Å². The second-order valence-corrected chi connectivity index (χ2v) is 4.06. The SMILES string of the molecule is CCCCN(CCCO)C(=O)Nc1ncnn1C. The number of hydrogen-bond donors (Lipinski definition) is 2. The molecular weight excluding hydrogens is 234 g/mol. The number of urea groups is 1. The molecule has 0 unspecified atom stereocenters. The number of aliphatic hydroxyl groups is 1. The van der Waals surface area contributed by atoms with Gasteiger partial charge in [0, 0.05) is 26.7 Å². The molecule has 0 saturated heterocycles. The van der Waals surface area contributed by atoms with Crippen LogP contribution in [0, 0.1) is 0 Å². The van der Waals surface area contributed by atoms with Gasteiger partial charge >= 0.3 is 6.03 Å². The average molecular weight is 255 g/mol. The number of unbranched alkanes of at least 4 members (excludes halogenated alkanes) is 1. The molecular formula is C11H21N5O2. The molecule has 0 bridgehead atoms. The Morgan fingerprint density at radius 2 is 2.22 bits per heavy atom. The summed E-state index contributed by atoms with van der Waals surface area (Å²) in [5, 5.41) is 15.4. The van der Waals surface area contributed by atoms with Gasteiger partial charge < -0.3 is 10.0 Å². The molecule has 1 aromatic rings. The molecule has 0 spiro atoms. The normalized spacial score (nSPS) is 10.4. The fourth-order valence-corrected chi connectivity index (χ4v) is 1.51. The maximum absolute atomic E-state index is 12.0. The third kappa shape index (κ3) is 4.33. The molecule has 0 aliphatic carbocycles. The van der Waals surface area contributed by atoms with Gasteiger partial charge in [-0.05, 0) is 12.8 Å². The lowest BCUT2D eigenvalue weighted by Crippen LogP contribution is -2.37. The van der Waals surface area contributed by atoms with Gasteiger partial charge in [-0.15, -0.1) is 0 Å². The van der Waals surface area contributed by atoms with Crippen LogP contribution in [0.5, 0.6) is 0 Å². The number of nitrogens with zero attached hydrogens (tertiary/aromatic N) is 4. The van der Waals surface area contributed by atoms with Crippen LogP contribution in [0.4, 0.5) is 10.7 Å². The molecule has 0 radical (unpaired) electrons. The molecule has 0 aliphatic rings. The van der Waals surface area contributed by atoms with Crippen molar-refractivity contribution in [2.45, 2.75) is 26.2 Å². The predicted octanol–water partition coefficient (Wildman–Crippen LogP) is 0.831. The number of carbonyl (C=O) groups is 1. The quantitative estimate of drug-likeness (QED) is 0.756. The molecule has 102 valence electrons. The summed E-state index contributed by atoms with van der Waals surface area (Å²) in [6.07, 6.45) is 3.93. The molecule has 1 aromatic heterocycles. The van der Waals surface area contributed by atoms with E-state index >= 15 is 0 Å². The van der Waals surface area contributed by atoms with Gasteiger partial charge in [0.2, 0.25) is 5.95 Å². The number of aryl methyl sites for hydroxylation is 1. The zero-order valence-corrected chi connectivity index (χ0v) is 11.0. The van der Waals surface area contributed by atoms with E-state index in [1.165, 1.54) is 11.0 Å². The lowest BCUT2D eigenvalue weighted by atomic mass is 10.3. The van der Waals surface area contributed by atoms with Gasteiger partial charge in [0.15, 0.2) is 0 Å². The van der Waals surface area contributed by atoms with Gasteiger partial charge in [0.25, 0.3) is 0 Å². The average Bonchev–Trinajstić information content (AvgIpc) is 2.75. The van der Waals surface area contributed by atoms with Crippen molar-refractivity contribution in [3.8, 4) is 0 Å². The van der Waals surface area contributed by atoms with E-state index in [0.29, 0.717) is 25.5 Å². The molecule has 0 aromatic carbocycles. The second-order valence-electron chi connectivity index (χ2n) is 4.06. The fraction of sp³-hybridized carbons (Fsp3) is 0.727. The van der Waals surface area contributed by atoms with Crippen molar-refractivity contribution in [2.24, 2.45) is 7.05 Å². The van der Waals surface area contributed by atoms with E-state index in [4.69, 9.17) is 5.11 Å². The minimum atomic E-state index is -0.201. The first-order valence-electron chi connectivity index (χ1n) is 6.19. The van der Waals surface area contributed by atoms with Crippen molar-refractivity contribution in [2.75, 3.05) is 25.0 Å². The summed E-state index contributed by atoms with van der Waals surface area (Å²) in [5.74, 6) is 0.422. The number of aromatic nitrogens is 3. The molecule has 7 nitrogen and oxygen atoms in total. The number of anilines is 1. The van der Waals surface area contributed by atoms with Gasteiger partial charge in [-0.3, -0.25) is 5.32 Å². The van der Waals surface area contributed by atoms with Crippen LogP contribution in [0.25, 0.3) is 0 Å². The number of hydrogen-bond acceptors (Lipinski definition) is 4. The first kappa shape index (κ1) is 14.4. The van der Waals surface area contributed by atoms with Gasteiger partial charge in [0.05, 0.1) is 0 Å². The first-order valence-corrected chi connectivity index (χ1v) is 6.19. The van der Waals surface area contributed by atoms with Gasteiger partial charge in [0.1, 0.15) is 6.33 Å². The Balaban J connectivity index is 2.55. The molecule has 2 N–H and O–H groups in total. The van der Waals surface area contributed by atoms with Crippen LogP contribution >= 0.6 is 0 Å². The van der Waals surface area contributed by atoms with Crippen LogP contribution in [-0.2, 0) is 7.05 Å². The molecule has 7 heteroatoms. The van der Waals surface area contributed by atoms with Crippen molar-refractivity contribution in [3.05, 3.63) is 6.33 Å². The summed E-state index contributed by atoms with van der Waals surface area (Å²) in [4.78, 5) is 17.7. The number of aliphatic hydroxyl groups excluding tert-OH is 1. The highest BCUT2D eigenvalue weighted by Crippen LogP contribution is 2.03. The molecule has 2 amide bonds. The molecule has 0 atom stereocenters. The summed E-state index contributed by atoms with van der Waals surface area (Å²) < 4.78 is 1.50. The lowest BCUT2D eigenvalue weighted by Gasteiger charge is -2.22. The molecule has 1 rings (SSSR count). The van der Waals surface area contributed by atoms with E-state index in [0.717, 1.165) is 12.8 Å². The Bertz CT molecular complexity index is 358. The third-order valence-corrected chi connectivity index (χ3v) is 2.59. The monoisotopic (exact) mass is 255 g/mol. The Hall–Kier alpha value is -1.63. The lowest BCUT2D eigenvalue weighted by molar-refractivity contribution is 0.200. The van der Waals surface area contributed by atoms with Gasteiger partial charge in [-0.25, -0.2) is 9.48 Å². The summed E-state index contributed by atoms with van der Waals surface area (Å²) in [5.41, 5.74) is 0. The maximum Gasteiger partial charge on any atom is 0.324 e. The van der Waals surface area contributed by atoms with Crippen LogP contribution in [0.15, 0.2) is 6.33 Å². The predicted molar refractivity (Wildman–Crippen MR) is 68.2 cm³/mol. The third-order valence-electron chi connectivity index (χ3n) is 2.59. The Morgan fingerprint density at radius 1 is 1.50 bits per heavy atom. The smallest absolute Gasteiger partial charge is 0.324 e. The maximum atomic E-state index is 12.0. The van der Waals surface area contributed by atoms with Gasteiger partial charge in [-0.2, -0.15) is 10.1 Å². The van der Waals surface area contributed by atoms with E-state index in [2.05, 4.69) is 22.3 Å². The minimum Gasteiger partial charge on any atom is -0.396 e. The molecule has 0 fully saturated rings. The Labute approximate surface area is 107 Å². The van der Waals surface area contributed by atoms with E-state index in [9.17, 15) is 4.79 Å². The number of amides is 2. The highest BCUT2D eigenvalue weighted by atomic mass is 16.3. The topological polar surface area (TPSA) is 83.3 Å². The molecule has 1 heterocycles. The van der Waals surface area contributed by atoms with Crippen molar-refractivity contribution in [3.63, 3.8) is 0 Å². The Morgan fingerprint density at radius 3 is 2.78 bits per heavy atom. The Kier molecular flexibility index (Phi) is 6.13. The standard InChI is InChI=1S/C11H21N5O2/c1-3-4-6-16(7-5-8-17)11(18)14-10-12-9-13-15(10)2/h9,17H,3-8H2,1-2H3,(H,12,13,14,18). The number of carbonyl (C=O) groups excluding carboxylic acids is 1. The fourth-order valence-electron chi connectivity index (χ4n) is 1.51. The molecule has 0 aliphatic heterocycles. The van der Waals surface area contributed by atoms with Crippen LogP contribution < -0.4 is 5.32 Å². The minimum absolute atomic E-state index is 0.0832. The van der Waals surface area contributed by atoms with Crippen molar-refractivity contribution in [1.29, 1.82) is 0 Å². The van der Waals surface area contributed by atoms with Crippen molar-refractivity contribution in [1.82, 2.24) is 19.7 Å².